The number of carbonyl (C=O) groups excluding carboxylic acids is 1. The summed E-state index contributed by atoms with van der Waals surface area (Å²) in [6.45, 7) is 0. The fourth-order valence-electron chi connectivity index (χ4n) is 0.868. The second-order valence-corrected chi connectivity index (χ2v) is 3.71. The summed E-state index contributed by atoms with van der Waals surface area (Å²) in [6, 6.07) is 3.26. The van der Waals surface area contributed by atoms with Crippen LogP contribution in [0.2, 0.25) is 0 Å². The van der Waals surface area contributed by atoms with Gasteiger partial charge < -0.3 is 10.6 Å². The third kappa shape index (κ3) is 2.99. The fraction of sp³-hybridized carbons (Fsp3) is 0.375. The van der Waals surface area contributed by atoms with Gasteiger partial charge in [0.15, 0.2) is 0 Å². The number of hydrogen-bond donors (Lipinski definition) is 1. The Balaban J connectivity index is 0.00000144. The summed E-state index contributed by atoms with van der Waals surface area (Å²) >= 11 is 1.50. The number of likely N-dealkylation sites (N-methyl/N-ethyl adjacent to an activating group) is 1. The van der Waals surface area contributed by atoms with E-state index in [1.165, 1.54) is 16.2 Å². The minimum atomic E-state index is -0.500. The van der Waals surface area contributed by atoms with Gasteiger partial charge in [0, 0.05) is 19.0 Å². The van der Waals surface area contributed by atoms with Crippen molar-refractivity contribution in [2.45, 2.75) is 6.04 Å². The van der Waals surface area contributed by atoms with Gasteiger partial charge in [-0.3, -0.25) is 4.79 Å². The molecule has 0 unspecified atom stereocenters. The molecule has 13 heavy (non-hydrogen) atoms. The van der Waals surface area contributed by atoms with Gasteiger partial charge in [-0.25, -0.2) is 0 Å². The molecule has 0 aliphatic heterocycles. The van der Waals surface area contributed by atoms with Crippen molar-refractivity contribution in [3.05, 3.63) is 22.4 Å². The Labute approximate surface area is 87.9 Å². The molecule has 0 bridgehead atoms. The molecule has 1 atom stereocenters. The van der Waals surface area contributed by atoms with Gasteiger partial charge in [0.05, 0.1) is 0 Å². The van der Waals surface area contributed by atoms with Crippen LogP contribution in [0.25, 0.3) is 0 Å². The summed E-state index contributed by atoms with van der Waals surface area (Å²) in [5.74, 6) is -0.0579. The molecule has 1 aromatic heterocycles. The van der Waals surface area contributed by atoms with E-state index < -0.39 is 6.04 Å². The molecule has 0 saturated heterocycles. The van der Waals surface area contributed by atoms with Gasteiger partial charge in [-0.1, -0.05) is 6.07 Å². The lowest BCUT2D eigenvalue weighted by molar-refractivity contribution is -0.130. The predicted molar refractivity (Wildman–Crippen MR) is 57.2 cm³/mol. The van der Waals surface area contributed by atoms with Crippen molar-refractivity contribution in [3.8, 4) is 0 Å². The highest BCUT2D eigenvalue weighted by Gasteiger charge is 2.17. The van der Waals surface area contributed by atoms with Crippen LogP contribution in [0.5, 0.6) is 0 Å². The van der Waals surface area contributed by atoms with Crippen LogP contribution >= 0.6 is 23.7 Å². The number of thiophene rings is 1. The van der Waals surface area contributed by atoms with E-state index in [-0.39, 0.29) is 18.3 Å². The van der Waals surface area contributed by atoms with Gasteiger partial charge in [0.25, 0.3) is 0 Å². The molecule has 1 rings (SSSR count). The van der Waals surface area contributed by atoms with Crippen LogP contribution in [-0.4, -0.2) is 24.9 Å². The maximum absolute atomic E-state index is 11.3. The standard InChI is InChI=1S/C8H12N2OS.ClH/c1-10(2)8(11)7(9)6-4-3-5-12-6;/h3-5,7H,9H2,1-2H3;1H/t7-;/m0./s1. The van der Waals surface area contributed by atoms with Crippen molar-refractivity contribution in [1.29, 1.82) is 0 Å². The SMILES string of the molecule is CN(C)C(=O)[C@@H](N)c1cccs1.Cl. The van der Waals surface area contributed by atoms with Crippen LogP contribution in [-0.2, 0) is 4.79 Å². The molecule has 1 aromatic rings. The lowest BCUT2D eigenvalue weighted by atomic mass is 10.2. The zero-order valence-corrected chi connectivity index (χ0v) is 9.19. The molecule has 0 aromatic carbocycles. The Bertz CT molecular complexity index is 261. The highest BCUT2D eigenvalue weighted by molar-refractivity contribution is 7.10. The van der Waals surface area contributed by atoms with Crippen LogP contribution in [0.4, 0.5) is 0 Å². The van der Waals surface area contributed by atoms with E-state index in [0.29, 0.717) is 0 Å². The smallest absolute Gasteiger partial charge is 0.244 e. The van der Waals surface area contributed by atoms with E-state index in [9.17, 15) is 4.79 Å². The zero-order chi connectivity index (χ0) is 9.14. The Morgan fingerprint density at radius 1 is 1.62 bits per heavy atom. The lowest BCUT2D eigenvalue weighted by Gasteiger charge is -2.14. The molecule has 1 amide bonds. The number of carbonyl (C=O) groups is 1. The first-order chi connectivity index (χ1) is 5.63. The average molecular weight is 221 g/mol. The first-order valence-electron chi connectivity index (χ1n) is 3.63. The lowest BCUT2D eigenvalue weighted by Crippen LogP contribution is -2.32. The highest BCUT2D eigenvalue weighted by atomic mass is 35.5. The number of nitrogens with two attached hydrogens (primary N) is 1. The Morgan fingerprint density at radius 3 is 2.62 bits per heavy atom. The number of nitrogens with zero attached hydrogens (tertiary/aromatic N) is 1. The highest BCUT2D eigenvalue weighted by Crippen LogP contribution is 2.17. The van der Waals surface area contributed by atoms with Gasteiger partial charge in [0.1, 0.15) is 6.04 Å². The van der Waals surface area contributed by atoms with Crippen molar-refractivity contribution in [2.75, 3.05) is 14.1 Å². The minimum absolute atomic E-state index is 0. The van der Waals surface area contributed by atoms with Crippen molar-refractivity contribution < 1.29 is 4.79 Å². The van der Waals surface area contributed by atoms with E-state index in [1.807, 2.05) is 17.5 Å². The van der Waals surface area contributed by atoms with E-state index in [2.05, 4.69) is 0 Å². The molecule has 0 radical (unpaired) electrons. The van der Waals surface area contributed by atoms with Crippen molar-refractivity contribution >= 4 is 29.7 Å². The summed E-state index contributed by atoms with van der Waals surface area (Å²) in [5, 5.41) is 1.91. The fourth-order valence-corrected chi connectivity index (χ4v) is 1.59. The van der Waals surface area contributed by atoms with Crippen LogP contribution in [0.1, 0.15) is 10.9 Å². The maximum Gasteiger partial charge on any atom is 0.244 e. The van der Waals surface area contributed by atoms with Gasteiger partial charge >= 0.3 is 0 Å². The Morgan fingerprint density at radius 2 is 2.23 bits per heavy atom. The Hall–Kier alpha value is -0.580. The molecular formula is C8H13ClN2OS. The summed E-state index contributed by atoms with van der Waals surface area (Å²) < 4.78 is 0. The van der Waals surface area contributed by atoms with E-state index >= 15 is 0 Å². The number of rotatable bonds is 2. The molecule has 3 nitrogen and oxygen atoms in total. The van der Waals surface area contributed by atoms with E-state index in [0.717, 1.165) is 4.88 Å². The number of halogens is 1. The molecule has 1 heterocycles. The normalized spacial score (nSPS) is 11.6. The monoisotopic (exact) mass is 220 g/mol. The number of amides is 1. The quantitative estimate of drug-likeness (QED) is 0.816. The molecular weight excluding hydrogens is 208 g/mol. The third-order valence-corrected chi connectivity index (χ3v) is 2.51. The summed E-state index contributed by atoms with van der Waals surface area (Å²) in [4.78, 5) is 13.8. The van der Waals surface area contributed by atoms with Crippen molar-refractivity contribution in [1.82, 2.24) is 4.90 Å². The molecule has 0 aliphatic rings. The van der Waals surface area contributed by atoms with Gasteiger partial charge in [-0.15, -0.1) is 23.7 Å². The largest absolute Gasteiger partial charge is 0.347 e. The second-order valence-electron chi connectivity index (χ2n) is 2.73. The minimum Gasteiger partial charge on any atom is -0.347 e. The first-order valence-corrected chi connectivity index (χ1v) is 4.51. The molecule has 0 fully saturated rings. The van der Waals surface area contributed by atoms with Crippen molar-refractivity contribution in [2.24, 2.45) is 5.73 Å². The maximum atomic E-state index is 11.3. The number of hydrogen-bond acceptors (Lipinski definition) is 3. The Kier molecular flexibility index (Phi) is 4.98. The van der Waals surface area contributed by atoms with Crippen LogP contribution < -0.4 is 5.73 Å². The van der Waals surface area contributed by atoms with Gasteiger partial charge in [-0.2, -0.15) is 0 Å². The molecule has 0 aliphatic carbocycles. The second kappa shape index (κ2) is 5.21. The molecule has 74 valence electrons. The van der Waals surface area contributed by atoms with E-state index in [1.54, 1.807) is 14.1 Å². The molecule has 2 N–H and O–H groups in total. The summed E-state index contributed by atoms with van der Waals surface area (Å²) in [7, 11) is 3.41. The molecule has 0 saturated carbocycles. The van der Waals surface area contributed by atoms with Gasteiger partial charge in [0.2, 0.25) is 5.91 Å². The first kappa shape index (κ1) is 12.4. The van der Waals surface area contributed by atoms with Crippen LogP contribution in [0, 0.1) is 0 Å². The van der Waals surface area contributed by atoms with Crippen LogP contribution in [0.3, 0.4) is 0 Å². The summed E-state index contributed by atoms with van der Waals surface area (Å²) in [6.07, 6.45) is 0. The summed E-state index contributed by atoms with van der Waals surface area (Å²) in [5.41, 5.74) is 5.70. The van der Waals surface area contributed by atoms with Gasteiger partial charge in [-0.05, 0) is 11.4 Å². The van der Waals surface area contributed by atoms with Crippen molar-refractivity contribution in [3.63, 3.8) is 0 Å². The van der Waals surface area contributed by atoms with Crippen LogP contribution in [0.15, 0.2) is 17.5 Å². The average Bonchev–Trinajstić information content (AvgIpc) is 2.53. The predicted octanol–water partition coefficient (Wildman–Crippen LogP) is 1.26. The third-order valence-electron chi connectivity index (χ3n) is 1.56. The molecule has 5 heteroatoms. The zero-order valence-electron chi connectivity index (χ0n) is 7.56. The van der Waals surface area contributed by atoms with E-state index in [4.69, 9.17) is 5.73 Å². The molecule has 0 spiro atoms. The topological polar surface area (TPSA) is 46.3 Å².